The van der Waals surface area contributed by atoms with Crippen molar-refractivity contribution in [2.45, 2.75) is 19.8 Å². The molecule has 7 heteroatoms. The highest BCUT2D eigenvalue weighted by Crippen LogP contribution is 2.23. The highest BCUT2D eigenvalue weighted by Gasteiger charge is 2.06. The molecule has 0 aliphatic carbocycles. The van der Waals surface area contributed by atoms with Crippen molar-refractivity contribution in [2.75, 3.05) is 5.32 Å². The minimum Gasteiger partial charge on any atom is -0.323 e. The zero-order valence-corrected chi connectivity index (χ0v) is 13.9. The molecule has 2 N–H and O–H groups in total. The Labute approximate surface area is 144 Å². The Balaban J connectivity index is 1.67. The molecule has 4 heterocycles. The molecule has 0 fully saturated rings. The van der Waals surface area contributed by atoms with E-state index in [0.29, 0.717) is 17.6 Å². The standard InChI is InChI=1S/C18H17N7/c1-11(2)12-6-18(25-22-8-12)24-17-4-3-15-16(23-17)5-13(7-19-15)14-9-20-21-10-14/h3-11H,1-2H3,(H,20,21)(H,23,24,25). The molecule has 124 valence electrons. The van der Waals surface area contributed by atoms with Gasteiger partial charge in [-0.2, -0.15) is 10.2 Å². The summed E-state index contributed by atoms with van der Waals surface area (Å²) in [7, 11) is 0. The fraction of sp³-hybridized carbons (Fsp3) is 0.167. The van der Waals surface area contributed by atoms with E-state index in [1.165, 1.54) is 0 Å². The van der Waals surface area contributed by atoms with Gasteiger partial charge in [-0.05, 0) is 35.7 Å². The summed E-state index contributed by atoms with van der Waals surface area (Å²) in [6, 6.07) is 7.80. The van der Waals surface area contributed by atoms with E-state index in [0.717, 1.165) is 27.7 Å². The number of aromatic amines is 1. The summed E-state index contributed by atoms with van der Waals surface area (Å²) >= 11 is 0. The van der Waals surface area contributed by atoms with Gasteiger partial charge in [0.2, 0.25) is 0 Å². The third-order valence-electron chi connectivity index (χ3n) is 3.97. The Morgan fingerprint density at radius 2 is 1.88 bits per heavy atom. The van der Waals surface area contributed by atoms with Gasteiger partial charge in [0.05, 0.1) is 23.4 Å². The molecule has 7 nitrogen and oxygen atoms in total. The lowest BCUT2D eigenvalue weighted by atomic mass is 10.1. The maximum atomic E-state index is 4.64. The monoisotopic (exact) mass is 331 g/mol. The predicted octanol–water partition coefficient (Wildman–Crippen LogP) is 3.68. The lowest BCUT2D eigenvalue weighted by Gasteiger charge is -2.09. The number of anilines is 2. The number of pyridine rings is 2. The first kappa shape index (κ1) is 15.2. The van der Waals surface area contributed by atoms with Crippen LogP contribution in [-0.4, -0.2) is 30.4 Å². The van der Waals surface area contributed by atoms with Gasteiger partial charge in [0.15, 0.2) is 5.82 Å². The minimum atomic E-state index is 0.391. The molecule has 0 aliphatic heterocycles. The van der Waals surface area contributed by atoms with Crippen LogP contribution in [0.3, 0.4) is 0 Å². The first-order chi connectivity index (χ1) is 12.2. The third-order valence-corrected chi connectivity index (χ3v) is 3.97. The molecule has 0 atom stereocenters. The van der Waals surface area contributed by atoms with Gasteiger partial charge in [-0.25, -0.2) is 4.98 Å². The topological polar surface area (TPSA) is 92.3 Å². The Bertz CT molecular complexity index is 1010. The molecule has 4 aromatic heterocycles. The van der Waals surface area contributed by atoms with Gasteiger partial charge in [0.25, 0.3) is 0 Å². The second-order valence-electron chi connectivity index (χ2n) is 6.10. The van der Waals surface area contributed by atoms with Crippen molar-refractivity contribution >= 4 is 22.7 Å². The summed E-state index contributed by atoms with van der Waals surface area (Å²) in [6.07, 6.45) is 7.19. The van der Waals surface area contributed by atoms with Crippen LogP contribution in [0.5, 0.6) is 0 Å². The number of nitrogens with one attached hydrogen (secondary N) is 2. The van der Waals surface area contributed by atoms with Crippen LogP contribution >= 0.6 is 0 Å². The van der Waals surface area contributed by atoms with Crippen molar-refractivity contribution < 1.29 is 0 Å². The van der Waals surface area contributed by atoms with Gasteiger partial charge in [-0.3, -0.25) is 10.1 Å². The van der Waals surface area contributed by atoms with Crippen LogP contribution in [0.2, 0.25) is 0 Å². The number of nitrogens with zero attached hydrogens (tertiary/aromatic N) is 5. The van der Waals surface area contributed by atoms with Gasteiger partial charge in [0.1, 0.15) is 5.82 Å². The molecule has 4 aromatic rings. The highest BCUT2D eigenvalue weighted by atomic mass is 15.2. The van der Waals surface area contributed by atoms with E-state index in [4.69, 9.17) is 0 Å². The Kier molecular flexibility index (Phi) is 3.81. The first-order valence-corrected chi connectivity index (χ1v) is 8.04. The molecule has 25 heavy (non-hydrogen) atoms. The van der Waals surface area contributed by atoms with E-state index in [1.807, 2.05) is 36.7 Å². The lowest BCUT2D eigenvalue weighted by Crippen LogP contribution is -2.00. The molecule has 0 saturated heterocycles. The number of aromatic nitrogens is 6. The van der Waals surface area contributed by atoms with Gasteiger partial charge < -0.3 is 5.32 Å². The molecular formula is C18H17N7. The van der Waals surface area contributed by atoms with Gasteiger partial charge >= 0.3 is 0 Å². The van der Waals surface area contributed by atoms with E-state index in [1.54, 1.807) is 12.4 Å². The van der Waals surface area contributed by atoms with Crippen LogP contribution in [0.1, 0.15) is 25.3 Å². The molecule has 0 unspecified atom stereocenters. The van der Waals surface area contributed by atoms with Crippen LogP contribution in [0, 0.1) is 0 Å². The van der Waals surface area contributed by atoms with Crippen LogP contribution < -0.4 is 5.32 Å². The largest absolute Gasteiger partial charge is 0.323 e. The second-order valence-corrected chi connectivity index (χ2v) is 6.10. The van der Waals surface area contributed by atoms with Gasteiger partial charge in [-0.15, -0.1) is 5.10 Å². The van der Waals surface area contributed by atoms with Crippen molar-refractivity contribution in [3.05, 3.63) is 54.6 Å². The molecule has 0 spiro atoms. The fourth-order valence-corrected chi connectivity index (χ4v) is 2.53. The van der Waals surface area contributed by atoms with Crippen molar-refractivity contribution in [3.8, 4) is 11.1 Å². The van der Waals surface area contributed by atoms with Crippen LogP contribution in [0.25, 0.3) is 22.2 Å². The molecule has 0 saturated carbocycles. The fourth-order valence-electron chi connectivity index (χ4n) is 2.53. The zero-order chi connectivity index (χ0) is 17.2. The first-order valence-electron chi connectivity index (χ1n) is 8.04. The van der Waals surface area contributed by atoms with Crippen LogP contribution in [-0.2, 0) is 0 Å². The van der Waals surface area contributed by atoms with E-state index in [2.05, 4.69) is 49.5 Å². The minimum absolute atomic E-state index is 0.391. The Morgan fingerprint density at radius 1 is 0.960 bits per heavy atom. The Hall–Kier alpha value is -3.35. The zero-order valence-electron chi connectivity index (χ0n) is 13.9. The average molecular weight is 331 g/mol. The van der Waals surface area contributed by atoms with E-state index in [-0.39, 0.29) is 0 Å². The lowest BCUT2D eigenvalue weighted by molar-refractivity contribution is 0.843. The molecule has 0 aromatic carbocycles. The average Bonchev–Trinajstić information content (AvgIpc) is 3.16. The normalized spacial score (nSPS) is 11.2. The summed E-state index contributed by atoms with van der Waals surface area (Å²) in [6.45, 7) is 4.25. The SMILES string of the molecule is CC(C)c1cnnc(Nc2ccc3ncc(-c4cn[nH]c4)cc3n2)c1. The second kappa shape index (κ2) is 6.27. The van der Waals surface area contributed by atoms with Crippen molar-refractivity contribution in [1.29, 1.82) is 0 Å². The van der Waals surface area contributed by atoms with Crippen LogP contribution in [0.15, 0.2) is 49.1 Å². The maximum absolute atomic E-state index is 4.64. The molecule has 0 bridgehead atoms. The number of fused-ring (bicyclic) bond motifs is 1. The van der Waals surface area contributed by atoms with Crippen LogP contribution in [0.4, 0.5) is 11.6 Å². The summed E-state index contributed by atoms with van der Waals surface area (Å²) in [5, 5.41) is 18.2. The molecule has 0 amide bonds. The van der Waals surface area contributed by atoms with Crippen molar-refractivity contribution in [1.82, 2.24) is 30.4 Å². The number of rotatable bonds is 4. The number of H-pyrrole nitrogens is 1. The smallest absolute Gasteiger partial charge is 0.154 e. The van der Waals surface area contributed by atoms with E-state index in [9.17, 15) is 0 Å². The number of hydrogen-bond acceptors (Lipinski definition) is 6. The predicted molar refractivity (Wildman–Crippen MR) is 96.5 cm³/mol. The van der Waals surface area contributed by atoms with Crippen molar-refractivity contribution in [3.63, 3.8) is 0 Å². The molecule has 4 rings (SSSR count). The van der Waals surface area contributed by atoms with Gasteiger partial charge in [0, 0.05) is 23.5 Å². The molecular weight excluding hydrogens is 314 g/mol. The van der Waals surface area contributed by atoms with E-state index >= 15 is 0 Å². The van der Waals surface area contributed by atoms with Crippen molar-refractivity contribution in [2.24, 2.45) is 0 Å². The highest BCUT2D eigenvalue weighted by molar-refractivity contribution is 5.81. The summed E-state index contributed by atoms with van der Waals surface area (Å²) < 4.78 is 0. The Morgan fingerprint density at radius 3 is 2.68 bits per heavy atom. The third kappa shape index (κ3) is 3.16. The summed E-state index contributed by atoms with van der Waals surface area (Å²) in [5.74, 6) is 1.77. The maximum Gasteiger partial charge on any atom is 0.154 e. The van der Waals surface area contributed by atoms with E-state index < -0.39 is 0 Å². The molecule has 0 radical (unpaired) electrons. The number of hydrogen-bond donors (Lipinski definition) is 2. The quantitative estimate of drug-likeness (QED) is 0.592. The summed E-state index contributed by atoms with van der Waals surface area (Å²) in [4.78, 5) is 9.11. The van der Waals surface area contributed by atoms with Gasteiger partial charge in [-0.1, -0.05) is 13.8 Å². The molecule has 0 aliphatic rings. The summed E-state index contributed by atoms with van der Waals surface area (Å²) in [5.41, 5.74) is 4.70.